The number of hydrogen-bond donors (Lipinski definition) is 1. The minimum atomic E-state index is -0.780. The molecule has 3 aromatic rings. The molecule has 2 amide bonds. The van der Waals surface area contributed by atoms with Crippen molar-refractivity contribution in [3.05, 3.63) is 72.1 Å². The van der Waals surface area contributed by atoms with Crippen LogP contribution in [0.1, 0.15) is 23.9 Å². The molecule has 0 unspecified atom stereocenters. The van der Waals surface area contributed by atoms with Crippen molar-refractivity contribution in [3.63, 3.8) is 0 Å². The fourth-order valence-electron chi connectivity index (χ4n) is 4.24. The second-order valence-electron chi connectivity index (χ2n) is 8.09. The van der Waals surface area contributed by atoms with Crippen LogP contribution in [-0.4, -0.2) is 41.1 Å². The lowest BCUT2D eigenvalue weighted by Crippen LogP contribution is -2.37. The van der Waals surface area contributed by atoms with Crippen LogP contribution in [0.15, 0.2) is 54.9 Å². The number of fused-ring (bicyclic) bond motifs is 1. The van der Waals surface area contributed by atoms with Crippen LogP contribution in [0.5, 0.6) is 11.5 Å². The number of halogens is 1. The molecule has 1 fully saturated rings. The number of rotatable bonds is 5. The van der Waals surface area contributed by atoms with Crippen molar-refractivity contribution in [2.75, 3.05) is 24.7 Å². The van der Waals surface area contributed by atoms with Crippen LogP contribution < -0.4 is 19.7 Å². The van der Waals surface area contributed by atoms with Gasteiger partial charge in [-0.05, 0) is 18.2 Å². The maximum absolute atomic E-state index is 14.6. The number of imidazole rings is 1. The minimum absolute atomic E-state index is 0.0603. The zero-order valence-electron chi connectivity index (χ0n) is 18.0. The third-order valence-corrected chi connectivity index (χ3v) is 5.95. The molecule has 5 rings (SSSR count). The average Bonchev–Trinajstić information content (AvgIpc) is 3.43. The van der Waals surface area contributed by atoms with Gasteiger partial charge in [-0.2, -0.15) is 0 Å². The van der Waals surface area contributed by atoms with E-state index in [2.05, 4.69) is 10.3 Å². The van der Waals surface area contributed by atoms with Gasteiger partial charge in [0.15, 0.2) is 11.5 Å². The quantitative estimate of drug-likeness (QED) is 0.646. The second kappa shape index (κ2) is 8.57. The van der Waals surface area contributed by atoms with Gasteiger partial charge in [-0.25, -0.2) is 9.37 Å². The first-order valence-electron chi connectivity index (χ1n) is 10.7. The van der Waals surface area contributed by atoms with E-state index >= 15 is 0 Å². The number of nitrogens with one attached hydrogen (secondary N) is 1. The van der Waals surface area contributed by atoms with Gasteiger partial charge in [0, 0.05) is 49.7 Å². The summed E-state index contributed by atoms with van der Waals surface area (Å²) in [5, 5.41) is 2.92. The summed E-state index contributed by atoms with van der Waals surface area (Å²) in [7, 11) is 1.78. The fraction of sp³-hybridized carbons (Fsp3) is 0.292. The van der Waals surface area contributed by atoms with E-state index in [1.165, 1.54) is 6.07 Å². The Hall–Kier alpha value is -3.88. The lowest BCUT2D eigenvalue weighted by molar-refractivity contribution is -0.126. The number of carbonyl (C=O) groups is 2. The highest BCUT2D eigenvalue weighted by atomic mass is 19.1. The molecule has 33 heavy (non-hydrogen) atoms. The number of ether oxygens (including phenoxy) is 2. The number of hydrogen-bond acceptors (Lipinski definition) is 5. The lowest BCUT2D eigenvalue weighted by atomic mass is 10.0. The molecule has 9 heteroatoms. The monoisotopic (exact) mass is 450 g/mol. The Balaban J connectivity index is 1.36. The van der Waals surface area contributed by atoms with E-state index in [0.29, 0.717) is 41.8 Å². The first-order valence-corrected chi connectivity index (χ1v) is 10.7. The van der Waals surface area contributed by atoms with Crippen LogP contribution in [0.25, 0.3) is 0 Å². The van der Waals surface area contributed by atoms with Crippen molar-refractivity contribution < 1.29 is 23.5 Å². The Morgan fingerprint density at radius 2 is 1.97 bits per heavy atom. The molecule has 1 aromatic heterocycles. The van der Waals surface area contributed by atoms with Gasteiger partial charge < -0.3 is 24.3 Å². The Labute approximate surface area is 189 Å². The smallest absolute Gasteiger partial charge is 0.227 e. The van der Waals surface area contributed by atoms with Crippen molar-refractivity contribution >= 4 is 17.5 Å². The average molecular weight is 450 g/mol. The lowest BCUT2D eigenvalue weighted by Gasteiger charge is -2.23. The maximum Gasteiger partial charge on any atom is 0.227 e. The number of aromatic nitrogens is 2. The van der Waals surface area contributed by atoms with E-state index in [1.54, 1.807) is 65.3 Å². The van der Waals surface area contributed by atoms with Gasteiger partial charge in [0.1, 0.15) is 30.9 Å². The van der Waals surface area contributed by atoms with E-state index in [9.17, 15) is 14.0 Å². The van der Waals surface area contributed by atoms with Gasteiger partial charge in [-0.1, -0.05) is 18.2 Å². The second-order valence-corrected chi connectivity index (χ2v) is 8.09. The molecule has 0 spiro atoms. The fourth-order valence-corrected chi connectivity index (χ4v) is 4.24. The first kappa shape index (κ1) is 21.0. The number of aryl methyl sites for hydroxylation is 1. The number of carbonyl (C=O) groups excluding carboxylic acids is 2. The van der Waals surface area contributed by atoms with Crippen molar-refractivity contribution in [1.29, 1.82) is 0 Å². The molecule has 0 bridgehead atoms. The highest BCUT2D eigenvalue weighted by Crippen LogP contribution is 2.36. The topological polar surface area (TPSA) is 85.7 Å². The number of amides is 2. The molecule has 1 saturated heterocycles. The van der Waals surface area contributed by atoms with Crippen molar-refractivity contribution in [3.8, 4) is 11.5 Å². The summed E-state index contributed by atoms with van der Waals surface area (Å²) in [5.41, 5.74) is 0.961. The zero-order valence-corrected chi connectivity index (χ0v) is 18.0. The summed E-state index contributed by atoms with van der Waals surface area (Å²) in [6, 6.07) is 10.8. The molecule has 170 valence electrons. The van der Waals surface area contributed by atoms with Gasteiger partial charge in [0.25, 0.3) is 0 Å². The highest BCUT2D eigenvalue weighted by molar-refractivity contribution is 6.00. The number of anilines is 1. The summed E-state index contributed by atoms with van der Waals surface area (Å²) in [4.78, 5) is 31.8. The summed E-state index contributed by atoms with van der Waals surface area (Å²) in [6.45, 7) is 1.14. The van der Waals surface area contributed by atoms with Crippen molar-refractivity contribution in [2.45, 2.75) is 12.5 Å². The van der Waals surface area contributed by atoms with E-state index in [0.717, 1.165) is 0 Å². The normalized spacial score (nSPS) is 18.3. The van der Waals surface area contributed by atoms with E-state index in [4.69, 9.17) is 9.47 Å². The Morgan fingerprint density at radius 3 is 2.73 bits per heavy atom. The standard InChI is InChI=1S/C24H23FN4O4/c1-28-9-8-26-23(28)22(17-4-2-3-5-18(17)25)27-24(31)15-12-21(30)29(14-15)16-6-7-19-20(13-16)33-11-10-32-19/h2-9,13,15,22H,10-12,14H2,1H3,(H,27,31)/t15-,22-/m1/s1. The highest BCUT2D eigenvalue weighted by Gasteiger charge is 2.37. The molecule has 0 saturated carbocycles. The molecule has 0 aliphatic carbocycles. The number of benzene rings is 2. The molecule has 1 N–H and O–H groups in total. The van der Waals surface area contributed by atoms with Crippen LogP contribution in [0.3, 0.4) is 0 Å². The largest absolute Gasteiger partial charge is 0.486 e. The maximum atomic E-state index is 14.6. The van der Waals surface area contributed by atoms with Gasteiger partial charge in [0.2, 0.25) is 11.8 Å². The SMILES string of the molecule is Cn1ccnc1[C@H](NC(=O)[C@@H]1CC(=O)N(c2ccc3c(c2)OCCO3)C1)c1ccccc1F. The summed E-state index contributed by atoms with van der Waals surface area (Å²) in [6.07, 6.45) is 3.39. The summed E-state index contributed by atoms with van der Waals surface area (Å²) in [5.74, 6) is 0.196. The summed E-state index contributed by atoms with van der Waals surface area (Å²) >= 11 is 0. The van der Waals surface area contributed by atoms with Crippen LogP contribution in [-0.2, 0) is 16.6 Å². The molecule has 2 atom stereocenters. The third-order valence-electron chi connectivity index (χ3n) is 5.95. The minimum Gasteiger partial charge on any atom is -0.486 e. The molecular formula is C24H23FN4O4. The van der Waals surface area contributed by atoms with Crippen LogP contribution in [0, 0.1) is 11.7 Å². The van der Waals surface area contributed by atoms with E-state index < -0.39 is 17.8 Å². The first-order chi connectivity index (χ1) is 16.0. The van der Waals surface area contributed by atoms with Crippen LogP contribution in [0.2, 0.25) is 0 Å². The van der Waals surface area contributed by atoms with Gasteiger partial charge in [0.05, 0.1) is 5.92 Å². The van der Waals surface area contributed by atoms with Crippen LogP contribution >= 0.6 is 0 Å². The van der Waals surface area contributed by atoms with Gasteiger partial charge in [-0.15, -0.1) is 0 Å². The molecule has 3 heterocycles. The summed E-state index contributed by atoms with van der Waals surface area (Å²) < 4.78 is 27.5. The molecular weight excluding hydrogens is 427 g/mol. The Morgan fingerprint density at radius 1 is 1.18 bits per heavy atom. The third kappa shape index (κ3) is 4.02. The molecule has 8 nitrogen and oxygen atoms in total. The predicted molar refractivity (Wildman–Crippen MR) is 117 cm³/mol. The predicted octanol–water partition coefficient (Wildman–Crippen LogP) is 2.59. The van der Waals surface area contributed by atoms with Crippen LogP contribution in [0.4, 0.5) is 10.1 Å². The molecule has 2 aromatic carbocycles. The zero-order chi connectivity index (χ0) is 22.9. The molecule has 2 aliphatic heterocycles. The van der Waals surface area contributed by atoms with Gasteiger partial charge >= 0.3 is 0 Å². The Bertz CT molecular complexity index is 1210. The van der Waals surface area contributed by atoms with Gasteiger partial charge in [-0.3, -0.25) is 9.59 Å². The van der Waals surface area contributed by atoms with Crippen molar-refractivity contribution in [1.82, 2.24) is 14.9 Å². The van der Waals surface area contributed by atoms with E-state index in [1.807, 2.05) is 0 Å². The molecule has 2 aliphatic rings. The van der Waals surface area contributed by atoms with Crippen molar-refractivity contribution in [2.24, 2.45) is 13.0 Å². The molecule has 0 radical (unpaired) electrons. The Kier molecular flexibility index (Phi) is 5.45. The number of nitrogens with zero attached hydrogens (tertiary/aromatic N) is 3. The van der Waals surface area contributed by atoms with E-state index in [-0.39, 0.29) is 24.8 Å².